The van der Waals surface area contributed by atoms with Crippen LogP contribution in [0.3, 0.4) is 0 Å². The molecule has 12 rings (SSSR count). The largest absolute Gasteiger partial charge is 0.309 e. The molecule has 58 heavy (non-hydrogen) atoms. The molecule has 0 fully saturated rings. The van der Waals surface area contributed by atoms with Crippen LogP contribution in [-0.4, -0.2) is 9.13 Å². The van der Waals surface area contributed by atoms with E-state index >= 15 is 0 Å². The predicted molar refractivity (Wildman–Crippen MR) is 246 cm³/mol. The first kappa shape index (κ1) is 32.6. The number of fused-ring (bicyclic) bond motifs is 8. The molecule has 270 valence electrons. The minimum absolute atomic E-state index is 1.14. The van der Waals surface area contributed by atoms with Crippen LogP contribution in [-0.2, 0) is 0 Å². The zero-order valence-electron chi connectivity index (χ0n) is 31.7. The van der Waals surface area contributed by atoms with Crippen molar-refractivity contribution in [2.24, 2.45) is 0 Å². The SMILES string of the molecule is c1ccc2cc(-c3cc(-n4c5ccccc5c5ccccc54)ccc3-c3ccc(-n4c5ccccc5c5ccccc54)cc3-c3ccc4ccccc4c3)ccc2c1. The summed E-state index contributed by atoms with van der Waals surface area (Å²) in [6, 6.07) is 80.3. The molecule has 0 amide bonds. The van der Waals surface area contributed by atoms with Crippen LogP contribution in [0.4, 0.5) is 0 Å². The fraction of sp³-hybridized carbons (Fsp3) is 0. The van der Waals surface area contributed by atoms with Crippen molar-refractivity contribution < 1.29 is 0 Å². The molecule has 10 aromatic carbocycles. The lowest BCUT2D eigenvalue weighted by molar-refractivity contribution is 1.18. The molecule has 0 unspecified atom stereocenters. The summed E-state index contributed by atoms with van der Waals surface area (Å²) in [4.78, 5) is 0. The van der Waals surface area contributed by atoms with Gasteiger partial charge in [0.15, 0.2) is 0 Å². The van der Waals surface area contributed by atoms with Crippen LogP contribution in [0.25, 0.3) is 110 Å². The van der Waals surface area contributed by atoms with Crippen molar-refractivity contribution in [1.82, 2.24) is 9.13 Å². The maximum Gasteiger partial charge on any atom is 0.0541 e. The van der Waals surface area contributed by atoms with E-state index in [-0.39, 0.29) is 0 Å². The summed E-state index contributed by atoms with van der Waals surface area (Å²) in [6.07, 6.45) is 0. The summed E-state index contributed by atoms with van der Waals surface area (Å²) >= 11 is 0. The monoisotopic (exact) mass is 736 g/mol. The van der Waals surface area contributed by atoms with Crippen molar-refractivity contribution in [3.63, 3.8) is 0 Å². The zero-order valence-corrected chi connectivity index (χ0v) is 31.7. The second-order valence-electron chi connectivity index (χ2n) is 15.3. The van der Waals surface area contributed by atoms with Gasteiger partial charge in [0, 0.05) is 32.9 Å². The van der Waals surface area contributed by atoms with Gasteiger partial charge in [-0.25, -0.2) is 0 Å². The van der Waals surface area contributed by atoms with Gasteiger partial charge in [0.1, 0.15) is 0 Å². The highest BCUT2D eigenvalue weighted by molar-refractivity contribution is 6.11. The molecule has 0 N–H and O–H groups in total. The van der Waals surface area contributed by atoms with Gasteiger partial charge in [-0.2, -0.15) is 0 Å². The standard InChI is InChI=1S/C56H36N2/c1-3-15-39-33-41(27-25-37(39)13-1)51-35-43(57-53-21-9-5-17-47(53)48-18-6-10-22-54(48)57)29-31-45(51)46-32-30-44(36-52(46)42-28-26-38-14-2-4-16-40(38)34-42)58-55-23-11-7-19-49(55)50-20-8-12-24-56(50)58/h1-36H. The Morgan fingerprint density at radius 1 is 0.224 bits per heavy atom. The van der Waals surface area contributed by atoms with Crippen LogP contribution in [0.1, 0.15) is 0 Å². The minimum atomic E-state index is 1.14. The molecule has 0 aliphatic rings. The number of aromatic nitrogens is 2. The Hall–Kier alpha value is -7.68. The van der Waals surface area contributed by atoms with Gasteiger partial charge in [0.2, 0.25) is 0 Å². The van der Waals surface area contributed by atoms with E-state index in [0.29, 0.717) is 0 Å². The second kappa shape index (κ2) is 12.9. The van der Waals surface area contributed by atoms with Crippen LogP contribution in [0.15, 0.2) is 218 Å². The van der Waals surface area contributed by atoms with Gasteiger partial charge in [-0.15, -0.1) is 0 Å². The van der Waals surface area contributed by atoms with E-state index in [2.05, 4.69) is 228 Å². The molecule has 0 saturated carbocycles. The molecule has 0 radical (unpaired) electrons. The van der Waals surface area contributed by atoms with Crippen molar-refractivity contribution in [3.8, 4) is 44.8 Å². The van der Waals surface area contributed by atoms with E-state index in [1.54, 1.807) is 0 Å². The van der Waals surface area contributed by atoms with Gasteiger partial charge >= 0.3 is 0 Å². The van der Waals surface area contributed by atoms with Gasteiger partial charge in [-0.1, -0.05) is 158 Å². The van der Waals surface area contributed by atoms with E-state index in [1.165, 1.54) is 98.5 Å². The normalized spacial score (nSPS) is 11.8. The summed E-state index contributed by atoms with van der Waals surface area (Å²) in [5, 5.41) is 9.96. The molecule has 2 heteroatoms. The fourth-order valence-corrected chi connectivity index (χ4v) is 9.41. The van der Waals surface area contributed by atoms with Crippen LogP contribution in [0, 0.1) is 0 Å². The van der Waals surface area contributed by atoms with Crippen LogP contribution < -0.4 is 0 Å². The van der Waals surface area contributed by atoms with E-state index < -0.39 is 0 Å². The molecule has 0 atom stereocenters. The van der Waals surface area contributed by atoms with Crippen molar-refractivity contribution in [2.75, 3.05) is 0 Å². The van der Waals surface area contributed by atoms with E-state index in [1.807, 2.05) is 0 Å². The lowest BCUT2D eigenvalue weighted by atomic mass is 9.87. The number of nitrogens with zero attached hydrogens (tertiary/aromatic N) is 2. The Kier molecular flexibility index (Phi) is 7.26. The number of hydrogen-bond acceptors (Lipinski definition) is 0. The fourth-order valence-electron chi connectivity index (χ4n) is 9.41. The van der Waals surface area contributed by atoms with Gasteiger partial charge < -0.3 is 9.13 Å². The molecule has 2 heterocycles. The third-order valence-corrected chi connectivity index (χ3v) is 12.1. The summed E-state index contributed by atoms with van der Waals surface area (Å²) in [7, 11) is 0. The smallest absolute Gasteiger partial charge is 0.0541 e. The lowest BCUT2D eigenvalue weighted by Crippen LogP contribution is -1.98. The highest BCUT2D eigenvalue weighted by Crippen LogP contribution is 2.44. The number of rotatable bonds is 5. The molecule has 0 spiro atoms. The van der Waals surface area contributed by atoms with Gasteiger partial charge in [-0.05, 0) is 116 Å². The lowest BCUT2D eigenvalue weighted by Gasteiger charge is -2.20. The number of hydrogen-bond donors (Lipinski definition) is 0. The molecule has 2 aromatic heterocycles. The Morgan fingerprint density at radius 3 is 0.931 bits per heavy atom. The van der Waals surface area contributed by atoms with Gasteiger partial charge in [0.05, 0.1) is 22.1 Å². The Balaban J connectivity index is 1.15. The summed E-state index contributed by atoms with van der Waals surface area (Å²) in [5.74, 6) is 0. The first-order valence-electron chi connectivity index (χ1n) is 20.0. The Labute approximate surface area is 336 Å². The second-order valence-corrected chi connectivity index (χ2v) is 15.3. The molecular weight excluding hydrogens is 701 g/mol. The summed E-state index contributed by atoms with van der Waals surface area (Å²) in [6.45, 7) is 0. The molecule has 0 aliphatic heterocycles. The molecule has 12 aromatic rings. The van der Waals surface area contributed by atoms with E-state index in [9.17, 15) is 0 Å². The van der Waals surface area contributed by atoms with Crippen LogP contribution in [0.5, 0.6) is 0 Å². The van der Waals surface area contributed by atoms with Crippen molar-refractivity contribution in [3.05, 3.63) is 218 Å². The molecule has 2 nitrogen and oxygen atoms in total. The third kappa shape index (κ3) is 5.05. The molecule has 0 bridgehead atoms. The highest BCUT2D eigenvalue weighted by atomic mass is 15.0. The average Bonchev–Trinajstić information content (AvgIpc) is 3.81. The zero-order chi connectivity index (χ0) is 38.2. The highest BCUT2D eigenvalue weighted by Gasteiger charge is 2.20. The van der Waals surface area contributed by atoms with E-state index in [4.69, 9.17) is 0 Å². The minimum Gasteiger partial charge on any atom is -0.309 e. The third-order valence-electron chi connectivity index (χ3n) is 12.1. The number of para-hydroxylation sites is 4. The summed E-state index contributed by atoms with van der Waals surface area (Å²) in [5.41, 5.74) is 14.2. The van der Waals surface area contributed by atoms with Crippen molar-refractivity contribution in [2.45, 2.75) is 0 Å². The van der Waals surface area contributed by atoms with Gasteiger partial charge in [0.25, 0.3) is 0 Å². The van der Waals surface area contributed by atoms with Gasteiger partial charge in [-0.3, -0.25) is 0 Å². The molecule has 0 saturated heterocycles. The first-order chi connectivity index (χ1) is 28.8. The maximum absolute atomic E-state index is 2.43. The topological polar surface area (TPSA) is 9.86 Å². The molecule has 0 aliphatic carbocycles. The average molecular weight is 737 g/mol. The Bertz CT molecular complexity index is 3240. The van der Waals surface area contributed by atoms with Crippen LogP contribution in [0.2, 0.25) is 0 Å². The first-order valence-corrected chi connectivity index (χ1v) is 20.0. The van der Waals surface area contributed by atoms with Crippen molar-refractivity contribution >= 4 is 65.2 Å². The van der Waals surface area contributed by atoms with Crippen LogP contribution >= 0.6 is 0 Å². The maximum atomic E-state index is 2.43. The quantitative estimate of drug-likeness (QED) is 0.167. The van der Waals surface area contributed by atoms with E-state index in [0.717, 1.165) is 11.4 Å². The molecular formula is C56H36N2. The summed E-state index contributed by atoms with van der Waals surface area (Å²) < 4.78 is 4.85. The predicted octanol–water partition coefficient (Wildman–Crippen LogP) is 15.2. The number of benzene rings is 10. The Morgan fingerprint density at radius 2 is 0.552 bits per heavy atom. The van der Waals surface area contributed by atoms with Crippen molar-refractivity contribution in [1.29, 1.82) is 0 Å².